The zero-order valence-electron chi connectivity index (χ0n) is 17.7. The van der Waals surface area contributed by atoms with Crippen LogP contribution in [0.5, 0.6) is 0 Å². The van der Waals surface area contributed by atoms with Gasteiger partial charge in [-0.2, -0.15) is 0 Å². The number of carbonyl (C=O) groups excluding carboxylic acids is 1. The van der Waals surface area contributed by atoms with E-state index < -0.39 is 18.3 Å². The lowest BCUT2D eigenvalue weighted by molar-refractivity contribution is -0.155. The Balaban J connectivity index is 1.40. The second-order valence-electron chi connectivity index (χ2n) is 8.19. The van der Waals surface area contributed by atoms with Crippen LogP contribution in [0.2, 0.25) is 0 Å². The summed E-state index contributed by atoms with van der Waals surface area (Å²) in [6, 6.07) is 30.1. The molecule has 0 aliphatic carbocycles. The highest BCUT2D eigenvalue weighted by molar-refractivity contribution is 5.73. The normalized spacial score (nSPS) is 25.3. The van der Waals surface area contributed by atoms with Crippen molar-refractivity contribution in [3.05, 3.63) is 108 Å². The van der Waals surface area contributed by atoms with Crippen molar-refractivity contribution < 1.29 is 23.7 Å². The smallest absolute Gasteiger partial charge is 0.309 e. The van der Waals surface area contributed by atoms with Crippen molar-refractivity contribution in [3.8, 4) is 0 Å². The van der Waals surface area contributed by atoms with E-state index in [0.717, 1.165) is 16.7 Å². The molecule has 0 aromatic heterocycles. The lowest BCUT2D eigenvalue weighted by Gasteiger charge is -2.30. The Morgan fingerprint density at radius 2 is 1.41 bits per heavy atom. The highest BCUT2D eigenvalue weighted by Crippen LogP contribution is 2.41. The van der Waals surface area contributed by atoms with E-state index in [0.29, 0.717) is 13.2 Å². The van der Waals surface area contributed by atoms with E-state index in [1.165, 1.54) is 0 Å². The van der Waals surface area contributed by atoms with Gasteiger partial charge in [-0.3, -0.25) is 4.79 Å². The molecular formula is C27H26O5. The first-order valence-electron chi connectivity index (χ1n) is 11.0. The lowest BCUT2D eigenvalue weighted by Crippen LogP contribution is -2.39. The van der Waals surface area contributed by atoms with Crippen LogP contribution in [0.3, 0.4) is 0 Å². The van der Waals surface area contributed by atoms with Crippen LogP contribution >= 0.6 is 0 Å². The Morgan fingerprint density at radius 3 is 2.06 bits per heavy atom. The SMILES string of the molecule is O=C1C[C@H]2O[C@H]([C@H](OCc3ccccc3)c3ccccc3)[C@H](OCc3ccccc3)[C@H]2O1. The standard InChI is InChI=1S/C27H26O5/c28-23-16-22-25(32-23)26(30-18-20-12-6-2-7-13-20)27(31-22)24(21-14-8-3-9-15-21)29-17-19-10-4-1-5-11-19/h1-15,22,24-27H,16-18H2/t22-,24-,25+,26-,27-/m1/s1. The van der Waals surface area contributed by atoms with Gasteiger partial charge in [-0.05, 0) is 16.7 Å². The van der Waals surface area contributed by atoms with Crippen LogP contribution in [-0.4, -0.2) is 30.4 Å². The molecule has 0 unspecified atom stereocenters. The van der Waals surface area contributed by atoms with Crippen molar-refractivity contribution >= 4 is 5.97 Å². The van der Waals surface area contributed by atoms with Crippen LogP contribution in [0.25, 0.3) is 0 Å². The summed E-state index contributed by atoms with van der Waals surface area (Å²) in [6.07, 6.45) is -1.68. The molecule has 2 aliphatic rings. The van der Waals surface area contributed by atoms with E-state index in [2.05, 4.69) is 0 Å². The largest absolute Gasteiger partial charge is 0.457 e. The van der Waals surface area contributed by atoms with Crippen molar-refractivity contribution in [2.75, 3.05) is 0 Å². The van der Waals surface area contributed by atoms with E-state index in [9.17, 15) is 4.79 Å². The van der Waals surface area contributed by atoms with E-state index >= 15 is 0 Å². The first-order chi connectivity index (χ1) is 15.8. The summed E-state index contributed by atoms with van der Waals surface area (Å²) in [4.78, 5) is 11.9. The van der Waals surface area contributed by atoms with Gasteiger partial charge in [-0.25, -0.2) is 0 Å². The number of benzene rings is 3. The summed E-state index contributed by atoms with van der Waals surface area (Å²) < 4.78 is 24.8. The second kappa shape index (κ2) is 9.65. The quantitative estimate of drug-likeness (QED) is 0.489. The molecule has 2 fully saturated rings. The molecule has 2 aliphatic heterocycles. The molecule has 5 atom stereocenters. The van der Waals surface area contributed by atoms with Crippen LogP contribution in [0.15, 0.2) is 91.0 Å². The lowest BCUT2D eigenvalue weighted by atomic mass is 9.98. The molecule has 3 aromatic rings. The van der Waals surface area contributed by atoms with Crippen molar-refractivity contribution in [1.29, 1.82) is 0 Å². The molecule has 164 valence electrons. The molecule has 0 bridgehead atoms. The van der Waals surface area contributed by atoms with Gasteiger partial charge in [0.2, 0.25) is 0 Å². The van der Waals surface area contributed by atoms with Gasteiger partial charge >= 0.3 is 5.97 Å². The summed E-state index contributed by atoms with van der Waals surface area (Å²) in [5.74, 6) is -0.242. The fourth-order valence-corrected chi connectivity index (χ4v) is 4.41. The van der Waals surface area contributed by atoms with Crippen molar-refractivity contribution in [2.24, 2.45) is 0 Å². The Morgan fingerprint density at radius 1 is 0.812 bits per heavy atom. The molecule has 0 spiro atoms. The first kappa shape index (κ1) is 20.9. The molecular weight excluding hydrogens is 404 g/mol. The Kier molecular flexibility index (Phi) is 6.30. The second-order valence-corrected chi connectivity index (χ2v) is 8.19. The summed E-state index contributed by atoms with van der Waals surface area (Å²) >= 11 is 0. The fourth-order valence-electron chi connectivity index (χ4n) is 4.41. The van der Waals surface area contributed by atoms with Crippen LogP contribution in [0.1, 0.15) is 29.2 Å². The summed E-state index contributed by atoms with van der Waals surface area (Å²) in [7, 11) is 0. The molecule has 3 aromatic carbocycles. The molecule has 32 heavy (non-hydrogen) atoms. The molecule has 0 radical (unpaired) electrons. The van der Waals surface area contributed by atoms with E-state index in [-0.39, 0.29) is 24.6 Å². The molecule has 2 heterocycles. The minimum absolute atomic E-state index is 0.242. The Labute approximate surface area is 187 Å². The van der Waals surface area contributed by atoms with Crippen LogP contribution < -0.4 is 0 Å². The minimum Gasteiger partial charge on any atom is -0.457 e. The molecule has 5 rings (SSSR count). The minimum atomic E-state index is -0.428. The number of carbonyl (C=O) groups is 1. The topological polar surface area (TPSA) is 54.0 Å². The molecule has 2 saturated heterocycles. The Hall–Kier alpha value is -2.99. The molecule has 5 nitrogen and oxygen atoms in total. The van der Waals surface area contributed by atoms with Gasteiger partial charge in [-0.15, -0.1) is 0 Å². The zero-order chi connectivity index (χ0) is 21.8. The predicted octanol–water partition coefficient (Wildman–Crippen LogP) is 4.61. The maximum Gasteiger partial charge on any atom is 0.309 e. The number of fused-ring (bicyclic) bond motifs is 1. The van der Waals surface area contributed by atoms with Gasteiger partial charge < -0.3 is 18.9 Å². The molecule has 0 amide bonds. The zero-order valence-corrected chi connectivity index (χ0v) is 17.7. The van der Waals surface area contributed by atoms with E-state index in [1.807, 2.05) is 91.0 Å². The van der Waals surface area contributed by atoms with Gasteiger partial charge in [-0.1, -0.05) is 91.0 Å². The first-order valence-corrected chi connectivity index (χ1v) is 11.0. The van der Waals surface area contributed by atoms with Crippen LogP contribution in [0, 0.1) is 0 Å². The highest BCUT2D eigenvalue weighted by atomic mass is 16.6. The third kappa shape index (κ3) is 4.60. The average molecular weight is 431 g/mol. The van der Waals surface area contributed by atoms with Gasteiger partial charge in [0.05, 0.1) is 19.6 Å². The van der Waals surface area contributed by atoms with Crippen molar-refractivity contribution in [1.82, 2.24) is 0 Å². The van der Waals surface area contributed by atoms with Gasteiger partial charge in [0.25, 0.3) is 0 Å². The summed E-state index contributed by atoms with van der Waals surface area (Å²) in [5.41, 5.74) is 3.15. The summed E-state index contributed by atoms with van der Waals surface area (Å²) in [5, 5.41) is 0. The monoisotopic (exact) mass is 430 g/mol. The summed E-state index contributed by atoms with van der Waals surface area (Å²) in [6.45, 7) is 0.854. The number of hydrogen-bond donors (Lipinski definition) is 0. The molecule has 0 saturated carbocycles. The number of ether oxygens (including phenoxy) is 4. The third-order valence-electron chi connectivity index (χ3n) is 5.97. The van der Waals surface area contributed by atoms with Gasteiger partial charge in [0.15, 0.2) is 6.10 Å². The van der Waals surface area contributed by atoms with E-state index in [4.69, 9.17) is 18.9 Å². The highest BCUT2D eigenvalue weighted by Gasteiger charge is 2.55. The molecule has 0 N–H and O–H groups in total. The predicted molar refractivity (Wildman–Crippen MR) is 119 cm³/mol. The molecule has 5 heteroatoms. The van der Waals surface area contributed by atoms with E-state index in [1.54, 1.807) is 0 Å². The Bertz CT molecular complexity index is 1010. The van der Waals surface area contributed by atoms with Crippen molar-refractivity contribution in [3.63, 3.8) is 0 Å². The number of rotatable bonds is 8. The third-order valence-corrected chi connectivity index (χ3v) is 5.97. The number of hydrogen-bond acceptors (Lipinski definition) is 5. The fraction of sp³-hybridized carbons (Fsp3) is 0.296. The maximum absolute atomic E-state index is 11.9. The van der Waals surface area contributed by atoms with Gasteiger partial charge in [0.1, 0.15) is 24.4 Å². The van der Waals surface area contributed by atoms with Gasteiger partial charge in [0, 0.05) is 0 Å². The average Bonchev–Trinajstić information content (AvgIpc) is 3.36. The number of esters is 1. The maximum atomic E-state index is 11.9. The van der Waals surface area contributed by atoms with Crippen LogP contribution in [-0.2, 0) is 37.0 Å². The van der Waals surface area contributed by atoms with Crippen LogP contribution in [0.4, 0.5) is 0 Å². The van der Waals surface area contributed by atoms with Crippen molar-refractivity contribution in [2.45, 2.75) is 50.2 Å².